The normalized spacial score (nSPS) is 10.6. The predicted molar refractivity (Wildman–Crippen MR) is 85.4 cm³/mol. The van der Waals surface area contributed by atoms with Crippen LogP contribution < -0.4 is 4.74 Å². The molecule has 0 saturated carbocycles. The molecule has 0 unspecified atom stereocenters. The zero-order valence-corrected chi connectivity index (χ0v) is 13.2. The Morgan fingerprint density at radius 2 is 1.80 bits per heavy atom. The zero-order chi connectivity index (χ0) is 14.4. The highest BCUT2D eigenvalue weighted by molar-refractivity contribution is 9.10. The average Bonchev–Trinajstić information content (AvgIpc) is 2.46. The summed E-state index contributed by atoms with van der Waals surface area (Å²) in [5.41, 5.74) is 2.37. The van der Waals surface area contributed by atoms with Crippen molar-refractivity contribution in [2.75, 3.05) is 6.61 Å². The number of aliphatic hydroxyl groups is 1. The second-order valence-corrected chi connectivity index (χ2v) is 5.64. The van der Waals surface area contributed by atoms with E-state index in [1.165, 1.54) is 5.56 Å². The number of aryl methyl sites for hydroxylation is 1. The molecule has 2 nitrogen and oxygen atoms in total. The monoisotopic (exact) mass is 334 g/mol. The summed E-state index contributed by atoms with van der Waals surface area (Å²) in [6.45, 7) is 2.30. The lowest BCUT2D eigenvalue weighted by atomic mass is 10.1. The molecule has 3 heteroatoms. The van der Waals surface area contributed by atoms with Crippen LogP contribution in [0.3, 0.4) is 0 Å². The van der Waals surface area contributed by atoms with Gasteiger partial charge in [0.1, 0.15) is 11.5 Å². The van der Waals surface area contributed by atoms with Gasteiger partial charge in [-0.25, -0.2) is 0 Å². The first-order valence-electron chi connectivity index (χ1n) is 6.83. The van der Waals surface area contributed by atoms with Gasteiger partial charge in [-0.2, -0.15) is 0 Å². The highest BCUT2D eigenvalue weighted by Gasteiger charge is 2.04. The average molecular weight is 335 g/mol. The second kappa shape index (κ2) is 7.46. The number of hydrogen-bond donors (Lipinski definition) is 1. The van der Waals surface area contributed by atoms with Crippen molar-refractivity contribution in [1.82, 2.24) is 0 Å². The number of benzene rings is 2. The van der Waals surface area contributed by atoms with Crippen LogP contribution in [-0.4, -0.2) is 11.7 Å². The number of ether oxygens (including phenoxy) is 1. The molecule has 0 amide bonds. The van der Waals surface area contributed by atoms with Crippen LogP contribution >= 0.6 is 15.9 Å². The Morgan fingerprint density at radius 3 is 2.50 bits per heavy atom. The predicted octanol–water partition coefficient (Wildman–Crippen LogP) is 4.86. The van der Waals surface area contributed by atoms with E-state index < -0.39 is 0 Å². The molecule has 0 heterocycles. The molecule has 0 aliphatic carbocycles. The summed E-state index contributed by atoms with van der Waals surface area (Å²) in [5.74, 6) is 1.71. The maximum atomic E-state index is 8.78. The molecule has 0 aromatic heterocycles. The van der Waals surface area contributed by atoms with E-state index in [9.17, 15) is 0 Å². The van der Waals surface area contributed by atoms with Crippen molar-refractivity contribution in [2.45, 2.75) is 26.2 Å². The third kappa shape index (κ3) is 4.09. The lowest BCUT2D eigenvalue weighted by Gasteiger charge is -2.10. The lowest BCUT2D eigenvalue weighted by molar-refractivity contribution is 0.284. The Hall–Kier alpha value is -1.32. The largest absolute Gasteiger partial charge is 0.457 e. The van der Waals surface area contributed by atoms with Gasteiger partial charge in [0.25, 0.3) is 0 Å². The van der Waals surface area contributed by atoms with Crippen molar-refractivity contribution >= 4 is 15.9 Å². The molecule has 20 heavy (non-hydrogen) atoms. The fourth-order valence-corrected chi connectivity index (χ4v) is 2.34. The van der Waals surface area contributed by atoms with Gasteiger partial charge < -0.3 is 9.84 Å². The molecular weight excluding hydrogens is 316 g/mol. The van der Waals surface area contributed by atoms with E-state index in [0.717, 1.165) is 40.8 Å². The fraction of sp³-hybridized carbons (Fsp3) is 0.294. The number of halogens is 1. The fourth-order valence-electron chi connectivity index (χ4n) is 1.99. The van der Waals surface area contributed by atoms with Gasteiger partial charge in [0.15, 0.2) is 0 Å². The standard InChI is InChI=1S/C17H19BrO2/c1-13-16(18)6-4-7-17(13)20-15-10-8-14(9-11-15)5-2-3-12-19/h4,6-11,19H,2-3,5,12H2,1H3. The third-order valence-corrected chi connectivity index (χ3v) is 4.10. The highest BCUT2D eigenvalue weighted by atomic mass is 79.9. The first-order chi connectivity index (χ1) is 9.70. The molecule has 1 N–H and O–H groups in total. The zero-order valence-electron chi connectivity index (χ0n) is 11.6. The van der Waals surface area contributed by atoms with Crippen LogP contribution in [0.15, 0.2) is 46.9 Å². The Bertz CT molecular complexity index is 549. The van der Waals surface area contributed by atoms with Crippen molar-refractivity contribution in [3.8, 4) is 11.5 Å². The van der Waals surface area contributed by atoms with Gasteiger partial charge in [-0.3, -0.25) is 0 Å². The molecular formula is C17H19BrO2. The quantitative estimate of drug-likeness (QED) is 0.764. The van der Waals surface area contributed by atoms with E-state index in [2.05, 4.69) is 28.1 Å². The number of aliphatic hydroxyl groups excluding tert-OH is 1. The Kier molecular flexibility index (Phi) is 5.62. The molecule has 0 aliphatic rings. The minimum Gasteiger partial charge on any atom is -0.457 e. The molecule has 0 saturated heterocycles. The molecule has 0 aliphatic heterocycles. The van der Waals surface area contributed by atoms with Gasteiger partial charge in [0, 0.05) is 16.6 Å². The minimum absolute atomic E-state index is 0.267. The van der Waals surface area contributed by atoms with Crippen LogP contribution in [0, 0.1) is 6.92 Å². The van der Waals surface area contributed by atoms with Gasteiger partial charge in [0.05, 0.1) is 0 Å². The number of rotatable bonds is 6. The SMILES string of the molecule is Cc1c(Br)cccc1Oc1ccc(CCCCO)cc1. The first kappa shape index (κ1) is 15.1. The van der Waals surface area contributed by atoms with E-state index in [1.54, 1.807) is 0 Å². The van der Waals surface area contributed by atoms with Gasteiger partial charge in [-0.05, 0) is 56.0 Å². The summed E-state index contributed by atoms with van der Waals surface area (Å²) in [5, 5.41) is 8.78. The van der Waals surface area contributed by atoms with Crippen LogP contribution in [0.25, 0.3) is 0 Å². The minimum atomic E-state index is 0.267. The first-order valence-corrected chi connectivity index (χ1v) is 7.63. The van der Waals surface area contributed by atoms with Crippen LogP contribution in [0.5, 0.6) is 11.5 Å². The van der Waals surface area contributed by atoms with E-state index in [-0.39, 0.29) is 6.61 Å². The molecule has 0 spiro atoms. The number of unbranched alkanes of at least 4 members (excludes halogenated alkanes) is 1. The van der Waals surface area contributed by atoms with Crippen LogP contribution in [0.1, 0.15) is 24.0 Å². The van der Waals surface area contributed by atoms with E-state index in [1.807, 2.05) is 37.3 Å². The summed E-state index contributed by atoms with van der Waals surface area (Å²) >= 11 is 3.51. The third-order valence-electron chi connectivity index (χ3n) is 3.24. The summed E-state index contributed by atoms with van der Waals surface area (Å²) in [6, 6.07) is 14.1. The summed E-state index contributed by atoms with van der Waals surface area (Å²) in [6.07, 6.45) is 2.87. The Balaban J connectivity index is 2.01. The molecule has 0 bridgehead atoms. The lowest BCUT2D eigenvalue weighted by Crippen LogP contribution is -1.91. The summed E-state index contributed by atoms with van der Waals surface area (Å²) < 4.78 is 6.95. The van der Waals surface area contributed by atoms with E-state index in [0.29, 0.717) is 0 Å². The van der Waals surface area contributed by atoms with Gasteiger partial charge >= 0.3 is 0 Å². The molecule has 2 aromatic carbocycles. The van der Waals surface area contributed by atoms with E-state index >= 15 is 0 Å². The summed E-state index contributed by atoms with van der Waals surface area (Å²) in [4.78, 5) is 0. The molecule has 0 radical (unpaired) electrons. The van der Waals surface area contributed by atoms with Crippen LogP contribution in [0.2, 0.25) is 0 Å². The van der Waals surface area contributed by atoms with Crippen molar-refractivity contribution < 1.29 is 9.84 Å². The number of hydrogen-bond acceptors (Lipinski definition) is 2. The van der Waals surface area contributed by atoms with Gasteiger partial charge in [0.2, 0.25) is 0 Å². The Morgan fingerprint density at radius 1 is 1.05 bits per heavy atom. The molecule has 2 rings (SSSR count). The highest BCUT2D eigenvalue weighted by Crippen LogP contribution is 2.29. The maximum absolute atomic E-state index is 8.78. The molecule has 2 aromatic rings. The molecule has 0 atom stereocenters. The van der Waals surface area contributed by atoms with Crippen LogP contribution in [-0.2, 0) is 6.42 Å². The topological polar surface area (TPSA) is 29.5 Å². The summed E-state index contributed by atoms with van der Waals surface area (Å²) in [7, 11) is 0. The van der Waals surface area contributed by atoms with Gasteiger partial charge in [-0.1, -0.05) is 34.1 Å². The van der Waals surface area contributed by atoms with Crippen molar-refractivity contribution in [3.05, 3.63) is 58.1 Å². The van der Waals surface area contributed by atoms with Crippen molar-refractivity contribution in [2.24, 2.45) is 0 Å². The van der Waals surface area contributed by atoms with Crippen molar-refractivity contribution in [1.29, 1.82) is 0 Å². The van der Waals surface area contributed by atoms with Crippen LogP contribution in [0.4, 0.5) is 0 Å². The maximum Gasteiger partial charge on any atom is 0.131 e. The smallest absolute Gasteiger partial charge is 0.131 e. The van der Waals surface area contributed by atoms with Crippen molar-refractivity contribution in [3.63, 3.8) is 0 Å². The van der Waals surface area contributed by atoms with E-state index in [4.69, 9.17) is 9.84 Å². The second-order valence-electron chi connectivity index (χ2n) is 4.79. The molecule has 0 fully saturated rings. The Labute approximate surface area is 128 Å². The molecule has 106 valence electrons. The van der Waals surface area contributed by atoms with Gasteiger partial charge in [-0.15, -0.1) is 0 Å².